The lowest BCUT2D eigenvalue weighted by atomic mass is 10.1. The molecule has 0 bridgehead atoms. The molecule has 0 saturated heterocycles. The quantitative estimate of drug-likeness (QED) is 0.444. The second-order valence-electron chi connectivity index (χ2n) is 2.92. The van der Waals surface area contributed by atoms with Crippen LogP contribution in [0.4, 0.5) is 0 Å². The maximum Gasteiger partial charge on any atom is 0.200 e. The fraction of sp³-hybridized carbons (Fsp3) is 0.200. The minimum atomic E-state index is -0.0727. The van der Waals surface area contributed by atoms with E-state index >= 15 is 0 Å². The third-order valence-electron chi connectivity index (χ3n) is 1.61. The van der Waals surface area contributed by atoms with Crippen molar-refractivity contribution < 1.29 is 4.79 Å². The molecule has 0 aliphatic rings. The van der Waals surface area contributed by atoms with E-state index in [-0.39, 0.29) is 5.78 Å². The lowest BCUT2D eigenvalue weighted by Gasteiger charge is -2.00. The molecule has 1 rings (SSSR count). The lowest BCUT2D eigenvalue weighted by Crippen LogP contribution is -2.00. The summed E-state index contributed by atoms with van der Waals surface area (Å²) in [7, 11) is 0. The van der Waals surface area contributed by atoms with E-state index in [1.165, 1.54) is 0 Å². The molecule has 1 aromatic rings. The molecule has 0 unspecified atom stereocenters. The first-order valence-electron chi connectivity index (χ1n) is 3.94. The fourth-order valence-corrected chi connectivity index (χ4v) is 0.990. The van der Waals surface area contributed by atoms with Gasteiger partial charge in [-0.3, -0.25) is 9.78 Å². The maximum absolute atomic E-state index is 11.6. The van der Waals surface area contributed by atoms with Gasteiger partial charge in [0, 0.05) is 18.0 Å². The second kappa shape index (κ2) is 4.23. The van der Waals surface area contributed by atoms with Gasteiger partial charge in [0.25, 0.3) is 0 Å². The first-order valence-corrected chi connectivity index (χ1v) is 4.39. The van der Waals surface area contributed by atoms with Crippen molar-refractivity contribution in [3.05, 3.63) is 40.6 Å². The molecule has 0 aliphatic carbocycles. The zero-order valence-electron chi connectivity index (χ0n) is 7.61. The summed E-state index contributed by atoms with van der Waals surface area (Å²) in [6.45, 7) is 3.72. The SMILES string of the molecule is CC(C)=C(S)C(=O)c1cccnc1. The highest BCUT2D eigenvalue weighted by molar-refractivity contribution is 7.85. The predicted molar refractivity (Wildman–Crippen MR) is 55.9 cm³/mol. The van der Waals surface area contributed by atoms with Crippen LogP contribution in [0.25, 0.3) is 0 Å². The summed E-state index contributed by atoms with van der Waals surface area (Å²) in [6, 6.07) is 3.47. The molecule has 1 aromatic heterocycles. The zero-order chi connectivity index (χ0) is 9.84. The summed E-state index contributed by atoms with van der Waals surface area (Å²) in [5, 5.41) is 0. The number of ketones is 1. The highest BCUT2D eigenvalue weighted by Crippen LogP contribution is 2.14. The van der Waals surface area contributed by atoms with Gasteiger partial charge in [-0.25, -0.2) is 0 Å². The van der Waals surface area contributed by atoms with E-state index in [1.807, 2.05) is 13.8 Å². The normalized spacial score (nSPS) is 9.46. The molecular formula is C10H11NOS. The number of hydrogen-bond donors (Lipinski definition) is 1. The molecular weight excluding hydrogens is 182 g/mol. The van der Waals surface area contributed by atoms with Crippen molar-refractivity contribution in [2.45, 2.75) is 13.8 Å². The number of pyridine rings is 1. The maximum atomic E-state index is 11.6. The van der Waals surface area contributed by atoms with E-state index in [0.29, 0.717) is 10.5 Å². The third kappa shape index (κ3) is 2.42. The summed E-state index contributed by atoms with van der Waals surface area (Å²) < 4.78 is 0. The summed E-state index contributed by atoms with van der Waals surface area (Å²) in [4.78, 5) is 16.0. The highest BCUT2D eigenvalue weighted by atomic mass is 32.1. The molecule has 0 atom stereocenters. The molecule has 0 spiro atoms. The standard InChI is InChI=1S/C10H11NOS/c1-7(2)10(13)9(12)8-4-3-5-11-6-8/h3-6,13H,1-2H3. The van der Waals surface area contributed by atoms with Crippen molar-refractivity contribution in [3.8, 4) is 0 Å². The first-order chi connectivity index (χ1) is 6.13. The molecule has 0 amide bonds. The van der Waals surface area contributed by atoms with Crippen molar-refractivity contribution in [1.29, 1.82) is 0 Å². The smallest absolute Gasteiger partial charge is 0.200 e. The van der Waals surface area contributed by atoms with Crippen molar-refractivity contribution in [1.82, 2.24) is 4.98 Å². The Bertz CT molecular complexity index is 339. The fourth-order valence-electron chi connectivity index (χ4n) is 0.861. The minimum absolute atomic E-state index is 0.0727. The molecule has 68 valence electrons. The zero-order valence-corrected chi connectivity index (χ0v) is 8.51. The minimum Gasteiger partial charge on any atom is -0.288 e. The number of allylic oxidation sites excluding steroid dienone is 2. The Morgan fingerprint density at radius 1 is 1.46 bits per heavy atom. The Morgan fingerprint density at radius 2 is 2.15 bits per heavy atom. The molecule has 13 heavy (non-hydrogen) atoms. The average molecular weight is 193 g/mol. The van der Waals surface area contributed by atoms with E-state index in [0.717, 1.165) is 5.57 Å². The number of carbonyl (C=O) groups excluding carboxylic acids is 1. The molecule has 3 heteroatoms. The van der Waals surface area contributed by atoms with Crippen LogP contribution >= 0.6 is 12.6 Å². The van der Waals surface area contributed by atoms with Gasteiger partial charge < -0.3 is 0 Å². The van der Waals surface area contributed by atoms with Crippen molar-refractivity contribution in [2.24, 2.45) is 0 Å². The van der Waals surface area contributed by atoms with Gasteiger partial charge in [-0.05, 0) is 26.0 Å². The number of rotatable bonds is 2. The van der Waals surface area contributed by atoms with Gasteiger partial charge in [0.15, 0.2) is 0 Å². The molecule has 0 aliphatic heterocycles. The lowest BCUT2D eigenvalue weighted by molar-refractivity contribution is 0.104. The van der Waals surface area contributed by atoms with Gasteiger partial charge in [-0.1, -0.05) is 5.57 Å². The third-order valence-corrected chi connectivity index (χ3v) is 2.26. The Morgan fingerprint density at radius 3 is 2.62 bits per heavy atom. The Balaban J connectivity index is 3.00. The van der Waals surface area contributed by atoms with Gasteiger partial charge >= 0.3 is 0 Å². The van der Waals surface area contributed by atoms with Gasteiger partial charge in [-0.2, -0.15) is 0 Å². The van der Waals surface area contributed by atoms with Crippen molar-refractivity contribution >= 4 is 18.4 Å². The van der Waals surface area contributed by atoms with E-state index < -0.39 is 0 Å². The van der Waals surface area contributed by atoms with Gasteiger partial charge in [-0.15, -0.1) is 12.6 Å². The average Bonchev–Trinajstić information content (AvgIpc) is 2.17. The molecule has 0 aromatic carbocycles. The predicted octanol–water partition coefficient (Wildman–Crippen LogP) is 2.49. The van der Waals surface area contributed by atoms with E-state index in [1.54, 1.807) is 24.5 Å². The largest absolute Gasteiger partial charge is 0.288 e. The van der Waals surface area contributed by atoms with Crippen LogP contribution in [-0.4, -0.2) is 10.8 Å². The number of thiol groups is 1. The summed E-state index contributed by atoms with van der Waals surface area (Å²) >= 11 is 4.13. The molecule has 0 N–H and O–H groups in total. The van der Waals surface area contributed by atoms with Crippen LogP contribution in [-0.2, 0) is 0 Å². The topological polar surface area (TPSA) is 30.0 Å². The van der Waals surface area contributed by atoms with Crippen LogP contribution < -0.4 is 0 Å². The number of hydrogen-bond acceptors (Lipinski definition) is 3. The van der Waals surface area contributed by atoms with Crippen molar-refractivity contribution in [2.75, 3.05) is 0 Å². The van der Waals surface area contributed by atoms with Crippen LogP contribution in [0.15, 0.2) is 35.0 Å². The van der Waals surface area contributed by atoms with Crippen LogP contribution in [0.5, 0.6) is 0 Å². The molecule has 0 saturated carbocycles. The van der Waals surface area contributed by atoms with Crippen molar-refractivity contribution in [3.63, 3.8) is 0 Å². The molecule has 1 heterocycles. The van der Waals surface area contributed by atoms with Crippen LogP contribution in [0, 0.1) is 0 Å². The monoisotopic (exact) mass is 193 g/mol. The summed E-state index contributed by atoms with van der Waals surface area (Å²) in [5.41, 5.74) is 1.49. The number of aromatic nitrogens is 1. The first kappa shape index (κ1) is 9.99. The Hall–Kier alpha value is -1.09. The van der Waals surface area contributed by atoms with Gasteiger partial charge in [0.05, 0.1) is 4.91 Å². The number of nitrogens with zero attached hydrogens (tertiary/aromatic N) is 1. The molecule has 2 nitrogen and oxygen atoms in total. The van der Waals surface area contributed by atoms with Crippen LogP contribution in [0.1, 0.15) is 24.2 Å². The molecule has 0 radical (unpaired) electrons. The summed E-state index contributed by atoms with van der Waals surface area (Å²) in [5.74, 6) is -0.0727. The highest BCUT2D eigenvalue weighted by Gasteiger charge is 2.09. The Labute approximate surface area is 83.1 Å². The van der Waals surface area contributed by atoms with E-state index in [9.17, 15) is 4.79 Å². The van der Waals surface area contributed by atoms with E-state index in [2.05, 4.69) is 17.6 Å². The van der Waals surface area contributed by atoms with Gasteiger partial charge in [0.1, 0.15) is 0 Å². The van der Waals surface area contributed by atoms with Crippen LogP contribution in [0.2, 0.25) is 0 Å². The van der Waals surface area contributed by atoms with E-state index in [4.69, 9.17) is 0 Å². The number of carbonyl (C=O) groups is 1. The second-order valence-corrected chi connectivity index (χ2v) is 3.37. The summed E-state index contributed by atoms with van der Waals surface area (Å²) in [6.07, 6.45) is 3.18. The van der Waals surface area contributed by atoms with Gasteiger partial charge in [0.2, 0.25) is 5.78 Å². The number of Topliss-reactive ketones (excluding diaryl/α,β-unsaturated/α-hetero) is 1. The van der Waals surface area contributed by atoms with Crippen LogP contribution in [0.3, 0.4) is 0 Å². The molecule has 0 fully saturated rings. The Kier molecular flexibility index (Phi) is 3.25.